The van der Waals surface area contributed by atoms with E-state index in [2.05, 4.69) is 169 Å². The molecule has 13 rings (SSSR count). The molecule has 0 bridgehead atoms. The Kier molecular flexibility index (Phi) is 8.36. The fraction of sp³-hybridized carbons (Fsp3) is 0.0508. The summed E-state index contributed by atoms with van der Waals surface area (Å²) in [5.74, 6) is 1.86. The van der Waals surface area contributed by atoms with Crippen LogP contribution in [0, 0.1) is 0 Å². The number of aromatic nitrogens is 5. The van der Waals surface area contributed by atoms with Crippen LogP contribution < -0.4 is 0 Å². The third-order valence-electron chi connectivity index (χ3n) is 13.3. The molecular weight excluding hydrogens is 811 g/mol. The average molecular weight is 850 g/mol. The van der Waals surface area contributed by atoms with Crippen molar-refractivity contribution >= 4 is 53.3 Å². The van der Waals surface area contributed by atoms with E-state index in [1.54, 1.807) is 0 Å². The zero-order valence-corrected chi connectivity index (χ0v) is 36.5. The number of hydrogen-bond acceptors (Lipinski definition) is 5. The molecule has 0 saturated heterocycles. The highest BCUT2D eigenvalue weighted by Gasteiger charge is 2.36. The summed E-state index contributed by atoms with van der Waals surface area (Å²) in [6.07, 6.45) is 1.85. The van der Waals surface area contributed by atoms with Crippen molar-refractivity contribution in [1.82, 2.24) is 24.5 Å². The van der Waals surface area contributed by atoms with E-state index in [9.17, 15) is 0 Å². The standard InChI is InChI=1S/C59H39N5S/c1-59(2)49-21-10-9-20-43(49)45-34-47-46-31-39(41-23-26-44-48-32-40(25-28-54(48)65-55(44)33-41)38-18-13-19-42(30-38)51-22-11-12-29-60-51)24-27-52(46)64(53(47)35-50(45)59)58-62-56(36-14-5-3-6-15-36)61-57(63-58)37-16-7-4-8-17-37/h3-35H,1-2H3. The summed E-state index contributed by atoms with van der Waals surface area (Å²) in [5.41, 5.74) is 15.9. The van der Waals surface area contributed by atoms with Crippen LogP contribution in [0.4, 0.5) is 0 Å². The van der Waals surface area contributed by atoms with Gasteiger partial charge in [0.2, 0.25) is 5.95 Å². The smallest absolute Gasteiger partial charge is 0.238 e. The van der Waals surface area contributed by atoms with Gasteiger partial charge in [-0.2, -0.15) is 9.97 Å². The second kappa shape index (κ2) is 14.5. The lowest BCUT2D eigenvalue weighted by Gasteiger charge is -2.21. The first-order valence-corrected chi connectivity index (χ1v) is 22.8. The van der Waals surface area contributed by atoms with Crippen molar-refractivity contribution in [3.05, 3.63) is 211 Å². The van der Waals surface area contributed by atoms with E-state index >= 15 is 0 Å². The Bertz CT molecular complexity index is 3790. The molecule has 5 nitrogen and oxygen atoms in total. The molecule has 1 aliphatic carbocycles. The second-order valence-corrected chi connectivity index (χ2v) is 18.6. The van der Waals surface area contributed by atoms with Crippen LogP contribution in [0.3, 0.4) is 0 Å². The Morgan fingerprint density at radius 1 is 0.400 bits per heavy atom. The highest BCUT2D eigenvalue weighted by Crippen LogP contribution is 2.51. The van der Waals surface area contributed by atoms with Crippen molar-refractivity contribution in [2.45, 2.75) is 19.3 Å². The lowest BCUT2D eigenvalue weighted by atomic mass is 9.82. The predicted octanol–water partition coefficient (Wildman–Crippen LogP) is 15.4. The molecular formula is C59H39N5S. The minimum absolute atomic E-state index is 0.180. The first kappa shape index (κ1) is 37.5. The Balaban J connectivity index is 0.984. The molecule has 0 radical (unpaired) electrons. The summed E-state index contributed by atoms with van der Waals surface area (Å²) in [7, 11) is 0. The number of pyridine rings is 1. The average Bonchev–Trinajstić information content (AvgIpc) is 3.97. The van der Waals surface area contributed by atoms with E-state index in [0.29, 0.717) is 17.6 Å². The lowest BCUT2D eigenvalue weighted by molar-refractivity contribution is 0.661. The van der Waals surface area contributed by atoms with E-state index in [1.165, 1.54) is 64.5 Å². The van der Waals surface area contributed by atoms with Gasteiger partial charge in [-0.25, -0.2) is 4.98 Å². The Morgan fingerprint density at radius 3 is 1.80 bits per heavy atom. The molecule has 0 atom stereocenters. The summed E-state index contributed by atoms with van der Waals surface area (Å²) in [4.78, 5) is 20.2. The Labute approximate surface area is 380 Å². The van der Waals surface area contributed by atoms with Crippen LogP contribution in [0.1, 0.15) is 25.0 Å². The maximum absolute atomic E-state index is 5.26. The summed E-state index contributed by atoms with van der Waals surface area (Å²) in [6.45, 7) is 4.68. The number of nitrogens with zero attached hydrogens (tertiary/aromatic N) is 5. The number of benzene rings is 8. The molecule has 0 N–H and O–H groups in total. The van der Waals surface area contributed by atoms with Crippen LogP contribution >= 0.6 is 11.3 Å². The van der Waals surface area contributed by atoms with Gasteiger partial charge in [-0.15, -0.1) is 11.3 Å². The minimum Gasteiger partial charge on any atom is -0.278 e. The third-order valence-corrected chi connectivity index (χ3v) is 14.5. The SMILES string of the molecule is CC1(C)c2ccccc2-c2cc3c4cc(-c5ccc6c(c5)sc5ccc(-c7cccc(-c8ccccn8)c7)cc56)ccc4n(-c4nc(-c5ccccc5)nc(-c5ccccc5)n4)c3cc21. The molecule has 0 fully saturated rings. The normalized spacial score (nSPS) is 12.9. The maximum Gasteiger partial charge on any atom is 0.238 e. The largest absolute Gasteiger partial charge is 0.278 e. The van der Waals surface area contributed by atoms with Gasteiger partial charge in [0.1, 0.15) is 0 Å². The summed E-state index contributed by atoms with van der Waals surface area (Å²) in [5, 5.41) is 4.86. The Morgan fingerprint density at radius 2 is 1.03 bits per heavy atom. The van der Waals surface area contributed by atoms with Crippen molar-refractivity contribution in [3.63, 3.8) is 0 Å². The van der Waals surface area contributed by atoms with E-state index in [4.69, 9.17) is 15.0 Å². The molecule has 0 aliphatic heterocycles. The summed E-state index contributed by atoms with van der Waals surface area (Å²) < 4.78 is 4.80. The molecule has 4 heterocycles. The molecule has 306 valence electrons. The van der Waals surface area contributed by atoms with Crippen LogP contribution in [-0.2, 0) is 5.41 Å². The molecule has 4 aromatic heterocycles. The molecule has 0 amide bonds. The fourth-order valence-corrected chi connectivity index (χ4v) is 11.2. The zero-order chi connectivity index (χ0) is 43.2. The molecule has 65 heavy (non-hydrogen) atoms. The van der Waals surface area contributed by atoms with Crippen molar-refractivity contribution in [2.75, 3.05) is 0 Å². The van der Waals surface area contributed by atoms with Crippen molar-refractivity contribution < 1.29 is 0 Å². The minimum atomic E-state index is -0.180. The quantitative estimate of drug-likeness (QED) is 0.167. The molecule has 1 aliphatic rings. The molecule has 6 heteroatoms. The monoisotopic (exact) mass is 849 g/mol. The van der Waals surface area contributed by atoms with Crippen LogP contribution in [0.5, 0.6) is 0 Å². The van der Waals surface area contributed by atoms with Crippen molar-refractivity contribution in [1.29, 1.82) is 0 Å². The van der Waals surface area contributed by atoms with Gasteiger partial charge in [0, 0.05) is 59.2 Å². The van der Waals surface area contributed by atoms with Gasteiger partial charge in [-0.05, 0) is 105 Å². The van der Waals surface area contributed by atoms with Gasteiger partial charge in [0.15, 0.2) is 11.6 Å². The molecule has 0 spiro atoms. The maximum atomic E-state index is 5.26. The van der Waals surface area contributed by atoms with E-state index in [0.717, 1.165) is 44.4 Å². The van der Waals surface area contributed by atoms with Gasteiger partial charge in [-0.1, -0.05) is 147 Å². The van der Waals surface area contributed by atoms with Crippen molar-refractivity contribution in [3.8, 4) is 73.4 Å². The lowest BCUT2D eigenvalue weighted by Crippen LogP contribution is -2.15. The number of hydrogen-bond donors (Lipinski definition) is 0. The first-order valence-electron chi connectivity index (χ1n) is 22.0. The van der Waals surface area contributed by atoms with E-state index < -0.39 is 0 Å². The molecule has 0 saturated carbocycles. The highest BCUT2D eigenvalue weighted by atomic mass is 32.1. The summed E-state index contributed by atoms with van der Waals surface area (Å²) in [6, 6.07) is 69.5. The van der Waals surface area contributed by atoms with Crippen LogP contribution in [0.25, 0.3) is 115 Å². The van der Waals surface area contributed by atoms with Gasteiger partial charge >= 0.3 is 0 Å². The van der Waals surface area contributed by atoms with E-state index in [1.807, 2.05) is 66.1 Å². The zero-order valence-electron chi connectivity index (χ0n) is 35.7. The van der Waals surface area contributed by atoms with Crippen molar-refractivity contribution in [2.24, 2.45) is 0 Å². The first-order chi connectivity index (χ1) is 31.9. The highest BCUT2D eigenvalue weighted by molar-refractivity contribution is 7.25. The number of rotatable bonds is 6. The fourth-order valence-electron chi connectivity index (χ4n) is 10.0. The van der Waals surface area contributed by atoms with Crippen LogP contribution in [0.15, 0.2) is 200 Å². The van der Waals surface area contributed by atoms with Gasteiger partial charge in [-0.3, -0.25) is 9.55 Å². The third kappa shape index (κ3) is 6.06. The number of fused-ring (bicyclic) bond motifs is 9. The molecule has 12 aromatic rings. The predicted molar refractivity (Wildman–Crippen MR) is 270 cm³/mol. The topological polar surface area (TPSA) is 56.5 Å². The second-order valence-electron chi connectivity index (χ2n) is 17.5. The number of thiophene rings is 1. The summed E-state index contributed by atoms with van der Waals surface area (Å²) >= 11 is 1.85. The van der Waals surface area contributed by atoms with Gasteiger partial charge in [0.25, 0.3) is 0 Å². The molecule has 8 aromatic carbocycles. The molecule has 0 unspecified atom stereocenters. The Hall–Kier alpha value is -8.06. The van der Waals surface area contributed by atoms with E-state index in [-0.39, 0.29) is 5.41 Å². The van der Waals surface area contributed by atoms with Crippen LogP contribution in [0.2, 0.25) is 0 Å². The van der Waals surface area contributed by atoms with Gasteiger partial charge < -0.3 is 0 Å². The van der Waals surface area contributed by atoms with Crippen LogP contribution in [-0.4, -0.2) is 24.5 Å². The van der Waals surface area contributed by atoms with Gasteiger partial charge in [0.05, 0.1) is 16.7 Å².